The van der Waals surface area contributed by atoms with Crippen LogP contribution in [0.4, 0.5) is 0 Å². The highest BCUT2D eigenvalue weighted by Gasteiger charge is 2.57. The van der Waals surface area contributed by atoms with Gasteiger partial charge in [0.05, 0.1) is 57.5 Å². The Morgan fingerprint density at radius 3 is 2.19 bits per heavy atom. The van der Waals surface area contributed by atoms with Crippen molar-refractivity contribution in [2.75, 3.05) is 27.4 Å². The van der Waals surface area contributed by atoms with Crippen LogP contribution in [0.25, 0.3) is 0 Å². The number of hydrogen-bond donors (Lipinski definition) is 1. The van der Waals surface area contributed by atoms with Crippen LogP contribution in [0.1, 0.15) is 65.0 Å². The molecule has 2 aliphatic rings. The van der Waals surface area contributed by atoms with Crippen molar-refractivity contribution in [1.82, 2.24) is 0 Å². The van der Waals surface area contributed by atoms with Gasteiger partial charge in [0.25, 0.3) is 0 Å². The number of epoxide rings is 1. The van der Waals surface area contributed by atoms with Gasteiger partial charge in [-0.25, -0.2) is 0 Å². The van der Waals surface area contributed by atoms with Gasteiger partial charge in [0, 0.05) is 38.4 Å². The third-order valence-corrected chi connectivity index (χ3v) is 8.97. The molecule has 0 aliphatic carbocycles. The normalized spacial score (nSPS) is 27.7. The average molecular weight is 601 g/mol. The van der Waals surface area contributed by atoms with Crippen LogP contribution in [0, 0.1) is 11.8 Å². The fourth-order valence-corrected chi connectivity index (χ4v) is 6.18. The van der Waals surface area contributed by atoms with E-state index in [9.17, 15) is 5.11 Å². The molecule has 0 saturated carbocycles. The van der Waals surface area contributed by atoms with E-state index in [2.05, 4.69) is 26.0 Å². The van der Waals surface area contributed by atoms with Crippen LogP contribution < -0.4 is 4.74 Å². The lowest BCUT2D eigenvalue weighted by Crippen LogP contribution is -2.51. The minimum atomic E-state index is -0.742. The molecule has 0 unspecified atom stereocenters. The first-order chi connectivity index (χ1) is 20.6. The molecular formula is C35H52O8. The molecule has 43 heavy (non-hydrogen) atoms. The van der Waals surface area contributed by atoms with Crippen molar-refractivity contribution in [3.05, 3.63) is 65.7 Å². The number of methoxy groups -OCH3 is 2. The minimum absolute atomic E-state index is 0.00712. The SMILES string of the molecule is COc1ccc(CO[C@@H](CCOCc2ccccc2)C[C@H](OC)[C@@H](C)[C@@H]2C[C@H]([C@H](C)[C@@H]3O[C@@]3(C)CO)OC(C)(C)O2)cc1. The van der Waals surface area contributed by atoms with E-state index in [1.807, 2.05) is 63.2 Å². The average Bonchev–Trinajstić information content (AvgIpc) is 3.71. The van der Waals surface area contributed by atoms with E-state index >= 15 is 0 Å². The Morgan fingerprint density at radius 2 is 1.56 bits per heavy atom. The number of rotatable bonds is 17. The maximum absolute atomic E-state index is 9.76. The number of benzene rings is 2. The van der Waals surface area contributed by atoms with Gasteiger partial charge < -0.3 is 38.3 Å². The zero-order valence-electron chi connectivity index (χ0n) is 27.0. The quantitative estimate of drug-likeness (QED) is 0.177. The van der Waals surface area contributed by atoms with E-state index < -0.39 is 11.4 Å². The van der Waals surface area contributed by atoms with Gasteiger partial charge in [0.1, 0.15) is 11.4 Å². The molecule has 8 heteroatoms. The summed E-state index contributed by atoms with van der Waals surface area (Å²) in [7, 11) is 3.43. The van der Waals surface area contributed by atoms with Crippen molar-refractivity contribution in [3.8, 4) is 5.75 Å². The molecular weight excluding hydrogens is 548 g/mol. The summed E-state index contributed by atoms with van der Waals surface area (Å²) in [5.41, 5.74) is 1.75. The molecule has 4 rings (SSSR count). The topological polar surface area (TPSA) is 88.1 Å². The van der Waals surface area contributed by atoms with Crippen LogP contribution in [0.3, 0.4) is 0 Å². The summed E-state index contributed by atoms with van der Waals surface area (Å²) in [4.78, 5) is 0. The molecule has 0 bridgehead atoms. The summed E-state index contributed by atoms with van der Waals surface area (Å²) in [6.45, 7) is 11.9. The van der Waals surface area contributed by atoms with Crippen LogP contribution >= 0.6 is 0 Å². The molecule has 0 amide bonds. The summed E-state index contributed by atoms with van der Waals surface area (Å²) >= 11 is 0. The molecule has 0 spiro atoms. The van der Waals surface area contributed by atoms with E-state index in [0.29, 0.717) is 26.2 Å². The van der Waals surface area contributed by atoms with E-state index in [0.717, 1.165) is 29.7 Å². The smallest absolute Gasteiger partial charge is 0.163 e. The van der Waals surface area contributed by atoms with Crippen molar-refractivity contribution in [2.24, 2.45) is 11.8 Å². The molecule has 0 aromatic heterocycles. The Kier molecular flexibility index (Phi) is 12.0. The number of ether oxygens (including phenoxy) is 7. The third kappa shape index (κ3) is 9.47. The lowest BCUT2D eigenvalue weighted by atomic mass is 9.84. The second kappa shape index (κ2) is 15.3. The largest absolute Gasteiger partial charge is 0.497 e. The molecule has 1 N–H and O–H groups in total. The van der Waals surface area contributed by atoms with E-state index in [1.54, 1.807) is 14.2 Å². The fraction of sp³-hybridized carbons (Fsp3) is 0.657. The highest BCUT2D eigenvalue weighted by atomic mass is 16.7. The number of aliphatic hydroxyl groups excluding tert-OH is 1. The first-order valence-corrected chi connectivity index (χ1v) is 15.6. The van der Waals surface area contributed by atoms with Crippen molar-refractivity contribution in [3.63, 3.8) is 0 Å². The molecule has 2 heterocycles. The Balaban J connectivity index is 1.39. The predicted octanol–water partition coefficient (Wildman–Crippen LogP) is 5.92. The van der Waals surface area contributed by atoms with E-state index in [4.69, 9.17) is 33.2 Å². The Hall–Kier alpha value is -2.04. The Bertz CT molecular complexity index is 1090. The van der Waals surface area contributed by atoms with E-state index in [1.165, 1.54) is 0 Å². The maximum Gasteiger partial charge on any atom is 0.163 e. The highest BCUT2D eigenvalue weighted by molar-refractivity contribution is 5.26. The minimum Gasteiger partial charge on any atom is -0.497 e. The van der Waals surface area contributed by atoms with Crippen LogP contribution in [0.2, 0.25) is 0 Å². The van der Waals surface area contributed by atoms with Crippen LogP contribution in [-0.4, -0.2) is 74.4 Å². The first kappa shape index (κ1) is 33.8. The lowest BCUT2D eigenvalue weighted by Gasteiger charge is -2.46. The van der Waals surface area contributed by atoms with Crippen LogP contribution in [-0.2, 0) is 41.6 Å². The van der Waals surface area contributed by atoms with Crippen molar-refractivity contribution in [2.45, 2.75) is 109 Å². The van der Waals surface area contributed by atoms with Gasteiger partial charge in [-0.3, -0.25) is 0 Å². The standard InChI is InChI=1S/C35H52O8/c1-24(31-20-32(42-34(3,4)41-31)25(2)33-35(5,23-36)43-33)30(38-7)19-29(17-18-39-21-26-11-9-8-10-12-26)40-22-27-13-15-28(37-6)16-14-27/h8-16,24-25,29-33,36H,17-23H2,1-7H3/t24-,25+,29+,30+,31+,32-,33+,35+/m1/s1. The second-order valence-corrected chi connectivity index (χ2v) is 12.8. The summed E-state index contributed by atoms with van der Waals surface area (Å²) < 4.78 is 42.7. The number of hydrogen-bond acceptors (Lipinski definition) is 8. The molecule has 8 atom stereocenters. The molecule has 2 aromatic rings. The summed E-state index contributed by atoms with van der Waals surface area (Å²) in [5.74, 6) is 0.293. The van der Waals surface area contributed by atoms with E-state index in [-0.39, 0.29) is 49.0 Å². The van der Waals surface area contributed by atoms with Crippen molar-refractivity contribution < 1.29 is 38.3 Å². The zero-order chi connectivity index (χ0) is 31.0. The van der Waals surface area contributed by atoms with Gasteiger partial charge in [0.15, 0.2) is 5.79 Å². The molecule has 2 aromatic carbocycles. The highest BCUT2D eigenvalue weighted by Crippen LogP contribution is 2.45. The summed E-state index contributed by atoms with van der Waals surface area (Å²) in [5, 5.41) is 9.76. The Labute approximate surface area is 257 Å². The Morgan fingerprint density at radius 1 is 0.884 bits per heavy atom. The number of aliphatic hydroxyl groups is 1. The van der Waals surface area contributed by atoms with Crippen molar-refractivity contribution >= 4 is 0 Å². The monoisotopic (exact) mass is 600 g/mol. The maximum atomic E-state index is 9.76. The molecule has 240 valence electrons. The summed E-state index contributed by atoms with van der Waals surface area (Å²) in [6.07, 6.45) is 1.86. The van der Waals surface area contributed by atoms with Crippen LogP contribution in [0.15, 0.2) is 54.6 Å². The zero-order valence-corrected chi connectivity index (χ0v) is 27.0. The van der Waals surface area contributed by atoms with Gasteiger partial charge in [0.2, 0.25) is 0 Å². The lowest BCUT2D eigenvalue weighted by molar-refractivity contribution is -0.319. The predicted molar refractivity (Wildman–Crippen MR) is 165 cm³/mol. The fourth-order valence-electron chi connectivity index (χ4n) is 6.18. The van der Waals surface area contributed by atoms with Crippen LogP contribution in [0.5, 0.6) is 5.75 Å². The molecule has 2 fully saturated rings. The summed E-state index contributed by atoms with van der Waals surface area (Å²) in [6, 6.07) is 18.2. The molecule has 2 aliphatic heterocycles. The second-order valence-electron chi connectivity index (χ2n) is 12.8. The van der Waals surface area contributed by atoms with Crippen molar-refractivity contribution in [1.29, 1.82) is 0 Å². The van der Waals surface area contributed by atoms with Gasteiger partial charge in [-0.1, -0.05) is 56.3 Å². The third-order valence-electron chi connectivity index (χ3n) is 8.97. The van der Waals surface area contributed by atoms with Gasteiger partial charge in [-0.15, -0.1) is 0 Å². The molecule has 8 nitrogen and oxygen atoms in total. The van der Waals surface area contributed by atoms with Gasteiger partial charge >= 0.3 is 0 Å². The first-order valence-electron chi connectivity index (χ1n) is 15.6. The molecule has 2 saturated heterocycles. The van der Waals surface area contributed by atoms with Gasteiger partial charge in [-0.05, 0) is 50.5 Å². The van der Waals surface area contributed by atoms with Gasteiger partial charge in [-0.2, -0.15) is 0 Å². The molecule has 0 radical (unpaired) electrons.